The van der Waals surface area contributed by atoms with Crippen molar-refractivity contribution in [3.63, 3.8) is 0 Å². The number of fused-ring (bicyclic) bond motifs is 3. The lowest BCUT2D eigenvalue weighted by Gasteiger charge is -2.24. The van der Waals surface area contributed by atoms with Crippen LogP contribution >= 0.6 is 11.3 Å². The molecule has 0 radical (unpaired) electrons. The Bertz CT molecular complexity index is 999. The van der Waals surface area contributed by atoms with E-state index in [0.29, 0.717) is 15.6 Å². The first-order chi connectivity index (χ1) is 11.6. The van der Waals surface area contributed by atoms with Crippen molar-refractivity contribution >= 4 is 33.0 Å². The fourth-order valence-corrected chi connectivity index (χ4v) is 4.42. The largest absolute Gasteiger partial charge is 0.344 e. The lowest BCUT2D eigenvalue weighted by atomic mass is 9.94. The molecular formula is C17H11FN2O3S. The minimum absolute atomic E-state index is 0.0615. The topological polar surface area (TPSA) is 72.2 Å². The summed E-state index contributed by atoms with van der Waals surface area (Å²) in [5.41, 5.74) is 1.10. The summed E-state index contributed by atoms with van der Waals surface area (Å²) < 4.78 is 14.6. The SMILES string of the molecule is O=C1Cc2c(sc3c(F)cccc23)C(c2ccccc2[N+](=O)[O-])N1. The predicted molar refractivity (Wildman–Crippen MR) is 88.6 cm³/mol. The minimum atomic E-state index is -0.639. The number of para-hydroxylation sites is 1. The number of nitrogens with zero attached hydrogens (tertiary/aromatic N) is 1. The molecule has 0 fully saturated rings. The molecule has 0 aliphatic carbocycles. The number of hydrogen-bond donors (Lipinski definition) is 1. The number of nitro benzene ring substituents is 1. The highest BCUT2D eigenvalue weighted by atomic mass is 32.1. The number of carbonyl (C=O) groups is 1. The van der Waals surface area contributed by atoms with Crippen LogP contribution in [-0.2, 0) is 11.2 Å². The molecule has 1 aromatic heterocycles. The molecule has 1 aliphatic rings. The standard InChI is InChI=1S/C17H11FN2O3S/c18-12-6-3-5-9-11-8-14(21)19-15(17(11)24-16(9)12)10-4-1-2-7-13(10)20(22)23/h1-7,15H,8H2,(H,19,21). The molecule has 1 atom stereocenters. The second-order valence-electron chi connectivity index (χ2n) is 5.55. The summed E-state index contributed by atoms with van der Waals surface area (Å²) in [7, 11) is 0. The van der Waals surface area contributed by atoms with Crippen LogP contribution in [0.2, 0.25) is 0 Å². The fourth-order valence-electron chi connectivity index (χ4n) is 3.13. The summed E-state index contributed by atoms with van der Waals surface area (Å²) in [6.45, 7) is 0. The number of hydrogen-bond acceptors (Lipinski definition) is 4. The van der Waals surface area contributed by atoms with E-state index < -0.39 is 11.0 Å². The van der Waals surface area contributed by atoms with E-state index in [1.54, 1.807) is 30.3 Å². The monoisotopic (exact) mass is 342 g/mol. The van der Waals surface area contributed by atoms with Gasteiger partial charge in [-0.15, -0.1) is 11.3 Å². The van der Waals surface area contributed by atoms with Crippen molar-refractivity contribution in [3.05, 3.63) is 74.4 Å². The smallest absolute Gasteiger partial charge is 0.275 e. The van der Waals surface area contributed by atoms with E-state index in [1.807, 2.05) is 0 Å². The second-order valence-corrected chi connectivity index (χ2v) is 6.61. The van der Waals surface area contributed by atoms with Crippen molar-refractivity contribution in [2.75, 3.05) is 0 Å². The Morgan fingerprint density at radius 2 is 2.00 bits per heavy atom. The molecule has 2 aromatic carbocycles. The number of benzene rings is 2. The van der Waals surface area contributed by atoms with Crippen LogP contribution in [0.3, 0.4) is 0 Å². The van der Waals surface area contributed by atoms with Gasteiger partial charge in [0.05, 0.1) is 27.6 Å². The molecule has 0 spiro atoms. The van der Waals surface area contributed by atoms with Gasteiger partial charge in [-0.05, 0) is 23.1 Å². The van der Waals surface area contributed by atoms with Crippen LogP contribution in [0, 0.1) is 15.9 Å². The maximum Gasteiger partial charge on any atom is 0.275 e. The van der Waals surface area contributed by atoms with Crippen LogP contribution in [0.25, 0.3) is 10.1 Å². The molecule has 5 nitrogen and oxygen atoms in total. The van der Waals surface area contributed by atoms with Crippen molar-refractivity contribution in [2.45, 2.75) is 12.5 Å². The van der Waals surface area contributed by atoms with Gasteiger partial charge in [-0.25, -0.2) is 4.39 Å². The van der Waals surface area contributed by atoms with Gasteiger partial charge in [0, 0.05) is 10.9 Å². The Balaban J connectivity index is 1.98. The number of thiophene rings is 1. The number of halogens is 1. The number of carbonyl (C=O) groups excluding carboxylic acids is 1. The minimum Gasteiger partial charge on any atom is -0.344 e. The first-order valence-electron chi connectivity index (χ1n) is 7.28. The van der Waals surface area contributed by atoms with Crippen LogP contribution in [0.1, 0.15) is 22.0 Å². The van der Waals surface area contributed by atoms with Crippen molar-refractivity contribution in [1.29, 1.82) is 0 Å². The van der Waals surface area contributed by atoms with Crippen molar-refractivity contribution in [3.8, 4) is 0 Å². The molecule has 0 bridgehead atoms. The molecule has 24 heavy (non-hydrogen) atoms. The number of nitrogens with one attached hydrogen (secondary N) is 1. The molecular weight excluding hydrogens is 331 g/mol. The van der Waals surface area contributed by atoms with Gasteiger partial charge in [0.1, 0.15) is 5.82 Å². The van der Waals surface area contributed by atoms with Gasteiger partial charge >= 0.3 is 0 Å². The van der Waals surface area contributed by atoms with Crippen LogP contribution in [0.5, 0.6) is 0 Å². The molecule has 0 saturated carbocycles. The summed E-state index contributed by atoms with van der Waals surface area (Å²) >= 11 is 1.24. The zero-order valence-corrected chi connectivity index (χ0v) is 13.1. The Kier molecular flexibility index (Phi) is 3.31. The predicted octanol–water partition coefficient (Wildman–Crippen LogP) is 3.71. The van der Waals surface area contributed by atoms with Gasteiger partial charge in [0.25, 0.3) is 5.69 Å². The van der Waals surface area contributed by atoms with E-state index in [-0.39, 0.29) is 23.8 Å². The molecule has 1 amide bonds. The van der Waals surface area contributed by atoms with Gasteiger partial charge in [-0.1, -0.05) is 24.3 Å². The lowest BCUT2D eigenvalue weighted by Crippen LogP contribution is -2.35. The third kappa shape index (κ3) is 2.16. The average molecular weight is 342 g/mol. The van der Waals surface area contributed by atoms with E-state index in [1.165, 1.54) is 23.5 Å². The molecule has 4 rings (SSSR count). The number of amides is 1. The molecule has 1 N–H and O–H groups in total. The molecule has 7 heteroatoms. The molecule has 2 heterocycles. The van der Waals surface area contributed by atoms with E-state index in [2.05, 4.69) is 5.32 Å². The summed E-state index contributed by atoms with van der Waals surface area (Å²) in [6.07, 6.45) is 0.149. The number of rotatable bonds is 2. The quantitative estimate of drug-likeness (QED) is 0.570. The van der Waals surface area contributed by atoms with Crippen LogP contribution < -0.4 is 5.32 Å². The van der Waals surface area contributed by atoms with Crippen molar-refractivity contribution in [1.82, 2.24) is 5.32 Å². The van der Waals surface area contributed by atoms with E-state index >= 15 is 0 Å². The molecule has 1 unspecified atom stereocenters. The molecule has 0 saturated heterocycles. The van der Waals surface area contributed by atoms with Crippen LogP contribution in [0.15, 0.2) is 42.5 Å². The fraction of sp³-hybridized carbons (Fsp3) is 0.118. The van der Waals surface area contributed by atoms with Gasteiger partial charge in [0.2, 0.25) is 5.91 Å². The summed E-state index contributed by atoms with van der Waals surface area (Å²) in [6, 6.07) is 10.4. The summed E-state index contributed by atoms with van der Waals surface area (Å²) in [5, 5.41) is 14.8. The third-order valence-corrected chi connectivity index (χ3v) is 5.47. The Labute approximate surface area is 139 Å². The normalized spacial score (nSPS) is 16.7. The molecule has 1 aliphatic heterocycles. The Hall–Kier alpha value is -2.80. The lowest BCUT2D eigenvalue weighted by molar-refractivity contribution is -0.385. The van der Waals surface area contributed by atoms with Gasteiger partial charge in [0.15, 0.2) is 0 Å². The maximum atomic E-state index is 14.1. The first kappa shape index (κ1) is 14.8. The highest BCUT2D eigenvalue weighted by Crippen LogP contribution is 2.43. The average Bonchev–Trinajstić information content (AvgIpc) is 2.94. The first-order valence-corrected chi connectivity index (χ1v) is 8.10. The van der Waals surface area contributed by atoms with Crippen LogP contribution in [0.4, 0.5) is 10.1 Å². The van der Waals surface area contributed by atoms with Crippen molar-refractivity contribution in [2.24, 2.45) is 0 Å². The van der Waals surface area contributed by atoms with E-state index in [4.69, 9.17) is 0 Å². The maximum absolute atomic E-state index is 14.1. The van der Waals surface area contributed by atoms with Gasteiger partial charge in [-0.2, -0.15) is 0 Å². The van der Waals surface area contributed by atoms with Crippen molar-refractivity contribution < 1.29 is 14.1 Å². The molecule has 120 valence electrons. The Morgan fingerprint density at radius 3 is 2.79 bits per heavy atom. The zero-order valence-electron chi connectivity index (χ0n) is 12.3. The van der Waals surface area contributed by atoms with Gasteiger partial charge < -0.3 is 5.32 Å². The zero-order chi connectivity index (χ0) is 16.8. The summed E-state index contributed by atoms with van der Waals surface area (Å²) in [5.74, 6) is -0.574. The third-order valence-electron chi connectivity index (χ3n) is 4.15. The number of nitro groups is 1. The highest BCUT2D eigenvalue weighted by Gasteiger charge is 2.33. The van der Waals surface area contributed by atoms with E-state index in [9.17, 15) is 19.3 Å². The molecule has 3 aromatic rings. The second kappa shape index (κ2) is 5.38. The van der Waals surface area contributed by atoms with Gasteiger partial charge in [-0.3, -0.25) is 14.9 Å². The Morgan fingerprint density at radius 1 is 1.21 bits per heavy atom. The van der Waals surface area contributed by atoms with Crippen LogP contribution in [-0.4, -0.2) is 10.8 Å². The van der Waals surface area contributed by atoms with E-state index in [0.717, 1.165) is 10.4 Å². The highest BCUT2D eigenvalue weighted by molar-refractivity contribution is 7.19. The summed E-state index contributed by atoms with van der Waals surface area (Å²) in [4.78, 5) is 23.8.